The van der Waals surface area contributed by atoms with Gasteiger partial charge in [-0.05, 0) is 44.5 Å². The molecule has 0 bridgehead atoms. The van der Waals surface area contributed by atoms with Crippen molar-refractivity contribution in [1.29, 1.82) is 0 Å². The molecule has 3 heterocycles. The van der Waals surface area contributed by atoms with Crippen LogP contribution in [0.3, 0.4) is 0 Å². The predicted octanol–water partition coefficient (Wildman–Crippen LogP) is 4.15. The van der Waals surface area contributed by atoms with E-state index in [0.29, 0.717) is 28.4 Å². The number of aliphatic imine (C=N–C) groups is 1. The largest absolute Gasteiger partial charge is 0.463 e. The first kappa shape index (κ1) is 23.4. The number of carbonyl (C=O) groups is 2. The average Bonchev–Trinajstić information content (AvgIpc) is 3.30. The Morgan fingerprint density at radius 1 is 0.971 bits per heavy atom. The molecule has 1 aliphatic heterocycles. The third kappa shape index (κ3) is 4.24. The van der Waals surface area contributed by atoms with Crippen LogP contribution in [0, 0.1) is 6.92 Å². The van der Waals surface area contributed by atoms with Crippen molar-refractivity contribution in [3.8, 4) is 0 Å². The molecule has 0 radical (unpaired) electrons. The Labute approximate surface area is 197 Å². The van der Waals surface area contributed by atoms with Crippen LogP contribution in [-0.2, 0) is 23.8 Å². The maximum absolute atomic E-state index is 13.6. The summed E-state index contributed by atoms with van der Waals surface area (Å²) in [6.07, 6.45) is 2.18. The summed E-state index contributed by atoms with van der Waals surface area (Å²) < 4.78 is 22.9. The number of aryl methyl sites for hydroxylation is 1. The lowest BCUT2D eigenvalue weighted by Crippen LogP contribution is -2.60. The molecule has 0 fully saturated rings. The van der Waals surface area contributed by atoms with Crippen LogP contribution in [0.1, 0.15) is 48.6 Å². The van der Waals surface area contributed by atoms with Crippen LogP contribution in [0.15, 0.2) is 76.4 Å². The lowest BCUT2D eigenvalue weighted by Gasteiger charge is -2.41. The van der Waals surface area contributed by atoms with E-state index in [1.54, 1.807) is 51.4 Å². The quantitative estimate of drug-likeness (QED) is 0.384. The SMILES string of the molecule is CCOC(=O)C1(C(=O)OCC)O[C@@H](c2ccc(C)o2)N=C(c2cccnc2)[C@H]1c1ccccc1. The van der Waals surface area contributed by atoms with Gasteiger partial charge in [-0.1, -0.05) is 36.4 Å². The Hall–Kier alpha value is -3.78. The number of esters is 2. The van der Waals surface area contributed by atoms with E-state index < -0.39 is 29.7 Å². The van der Waals surface area contributed by atoms with Gasteiger partial charge in [0.25, 0.3) is 5.60 Å². The minimum Gasteiger partial charge on any atom is -0.463 e. The van der Waals surface area contributed by atoms with Gasteiger partial charge in [0.15, 0.2) is 5.76 Å². The summed E-state index contributed by atoms with van der Waals surface area (Å²) in [5, 5.41) is 0. The molecule has 2 aromatic heterocycles. The van der Waals surface area contributed by atoms with Crippen molar-refractivity contribution >= 4 is 17.7 Å². The number of pyridine rings is 1. The normalized spacial score (nSPS) is 19.2. The van der Waals surface area contributed by atoms with Crippen LogP contribution in [0.25, 0.3) is 0 Å². The van der Waals surface area contributed by atoms with Crippen molar-refractivity contribution in [3.05, 3.63) is 89.6 Å². The minimum atomic E-state index is -2.16. The number of hydrogen-bond donors (Lipinski definition) is 0. The van der Waals surface area contributed by atoms with Crippen molar-refractivity contribution in [2.75, 3.05) is 13.2 Å². The van der Waals surface area contributed by atoms with Gasteiger partial charge in [-0.2, -0.15) is 0 Å². The Balaban J connectivity index is 2.02. The van der Waals surface area contributed by atoms with Crippen molar-refractivity contribution < 1.29 is 28.2 Å². The maximum atomic E-state index is 13.6. The van der Waals surface area contributed by atoms with Gasteiger partial charge in [0, 0.05) is 18.0 Å². The number of aromatic nitrogens is 1. The molecule has 0 unspecified atom stereocenters. The molecule has 8 nitrogen and oxygen atoms in total. The number of carbonyl (C=O) groups excluding carboxylic acids is 2. The average molecular weight is 463 g/mol. The Morgan fingerprint density at radius 2 is 1.68 bits per heavy atom. The molecule has 0 amide bonds. The molecule has 8 heteroatoms. The molecule has 0 saturated heterocycles. The summed E-state index contributed by atoms with van der Waals surface area (Å²) >= 11 is 0. The highest BCUT2D eigenvalue weighted by molar-refractivity contribution is 6.16. The van der Waals surface area contributed by atoms with E-state index in [4.69, 9.17) is 23.6 Å². The summed E-state index contributed by atoms with van der Waals surface area (Å²) in [7, 11) is 0. The zero-order chi connectivity index (χ0) is 24.1. The zero-order valence-corrected chi connectivity index (χ0v) is 19.3. The Kier molecular flexibility index (Phi) is 6.88. The molecule has 3 aromatic rings. The third-order valence-corrected chi connectivity index (χ3v) is 5.49. The second kappa shape index (κ2) is 10.0. The Morgan fingerprint density at radius 3 is 2.24 bits per heavy atom. The molecule has 1 aliphatic rings. The van der Waals surface area contributed by atoms with Crippen molar-refractivity contribution in [2.45, 2.75) is 38.5 Å². The molecule has 4 rings (SSSR count). The first-order valence-corrected chi connectivity index (χ1v) is 11.1. The lowest BCUT2D eigenvalue weighted by atomic mass is 9.75. The smallest absolute Gasteiger partial charge is 0.351 e. The highest BCUT2D eigenvalue weighted by Gasteiger charge is 2.62. The van der Waals surface area contributed by atoms with E-state index in [-0.39, 0.29) is 13.2 Å². The summed E-state index contributed by atoms with van der Waals surface area (Å²) in [5.41, 5.74) is -0.456. The lowest BCUT2D eigenvalue weighted by molar-refractivity contribution is -0.203. The topological polar surface area (TPSA) is 100 Å². The molecule has 0 spiro atoms. The monoisotopic (exact) mass is 462 g/mol. The second-order valence-corrected chi connectivity index (χ2v) is 7.69. The van der Waals surface area contributed by atoms with Gasteiger partial charge in [0.05, 0.1) is 24.8 Å². The summed E-state index contributed by atoms with van der Waals surface area (Å²) in [6, 6.07) is 16.1. The van der Waals surface area contributed by atoms with E-state index in [0.717, 1.165) is 0 Å². The van der Waals surface area contributed by atoms with Crippen molar-refractivity contribution in [3.63, 3.8) is 0 Å². The Bertz CT molecular complexity index is 1150. The molecule has 176 valence electrons. The van der Waals surface area contributed by atoms with Gasteiger partial charge in [-0.3, -0.25) is 4.98 Å². The predicted molar refractivity (Wildman–Crippen MR) is 123 cm³/mol. The second-order valence-electron chi connectivity index (χ2n) is 7.69. The van der Waals surface area contributed by atoms with Crippen LogP contribution in [0.2, 0.25) is 0 Å². The van der Waals surface area contributed by atoms with Gasteiger partial charge in [0.2, 0.25) is 6.23 Å². The molecule has 1 aromatic carbocycles. The first-order valence-electron chi connectivity index (χ1n) is 11.1. The number of hydrogen-bond acceptors (Lipinski definition) is 8. The number of furan rings is 1. The molecule has 0 aliphatic carbocycles. The number of ether oxygens (including phenoxy) is 3. The van der Waals surface area contributed by atoms with Crippen LogP contribution in [0.4, 0.5) is 0 Å². The van der Waals surface area contributed by atoms with Gasteiger partial charge >= 0.3 is 11.9 Å². The molecule has 34 heavy (non-hydrogen) atoms. The number of nitrogens with zero attached hydrogens (tertiary/aromatic N) is 2. The maximum Gasteiger partial charge on any atom is 0.351 e. The first-order chi connectivity index (χ1) is 16.5. The standard InChI is InChI=1S/C26H26N2O6/c1-4-31-24(29)26(25(30)32-5-2)21(18-10-7-6-8-11-18)22(19-12-9-15-27-16-19)28-23(34-26)20-14-13-17(3)33-20/h6-16,21,23H,4-5H2,1-3H3/t21-,23+/m1/s1. The highest BCUT2D eigenvalue weighted by atomic mass is 16.6. The molecular formula is C26H26N2O6. The van der Waals surface area contributed by atoms with Gasteiger partial charge in [-0.25, -0.2) is 14.6 Å². The fourth-order valence-corrected chi connectivity index (χ4v) is 4.06. The van der Waals surface area contributed by atoms with Gasteiger partial charge < -0.3 is 18.6 Å². The van der Waals surface area contributed by atoms with Crippen LogP contribution >= 0.6 is 0 Å². The van der Waals surface area contributed by atoms with E-state index in [1.165, 1.54) is 0 Å². The minimum absolute atomic E-state index is 0.0504. The van der Waals surface area contributed by atoms with E-state index >= 15 is 0 Å². The fourth-order valence-electron chi connectivity index (χ4n) is 4.06. The summed E-state index contributed by atoms with van der Waals surface area (Å²) in [6.45, 7) is 5.22. The van der Waals surface area contributed by atoms with Gasteiger partial charge in [0.1, 0.15) is 5.76 Å². The van der Waals surface area contributed by atoms with E-state index in [2.05, 4.69) is 4.98 Å². The molecule has 0 saturated carbocycles. The molecular weight excluding hydrogens is 436 g/mol. The fraction of sp³-hybridized carbons (Fsp3) is 0.308. The van der Waals surface area contributed by atoms with Gasteiger partial charge in [-0.15, -0.1) is 0 Å². The van der Waals surface area contributed by atoms with E-state index in [1.807, 2.05) is 36.4 Å². The van der Waals surface area contributed by atoms with E-state index in [9.17, 15) is 9.59 Å². The van der Waals surface area contributed by atoms with Crippen molar-refractivity contribution in [1.82, 2.24) is 4.98 Å². The number of rotatable bonds is 7. The molecule has 0 N–H and O–H groups in total. The van der Waals surface area contributed by atoms with Crippen molar-refractivity contribution in [2.24, 2.45) is 4.99 Å². The van der Waals surface area contributed by atoms with Crippen LogP contribution in [0.5, 0.6) is 0 Å². The highest BCUT2D eigenvalue weighted by Crippen LogP contribution is 2.45. The van der Waals surface area contributed by atoms with Crippen LogP contribution < -0.4 is 0 Å². The molecule has 2 atom stereocenters. The number of benzene rings is 1. The summed E-state index contributed by atoms with van der Waals surface area (Å²) in [4.78, 5) is 36.3. The van der Waals surface area contributed by atoms with Crippen LogP contribution in [-0.4, -0.2) is 41.4 Å². The third-order valence-electron chi connectivity index (χ3n) is 5.49. The summed E-state index contributed by atoms with van der Waals surface area (Å²) in [5.74, 6) is -1.68. The zero-order valence-electron chi connectivity index (χ0n) is 19.3.